The molecule has 150 valence electrons. The van der Waals surface area contributed by atoms with Gasteiger partial charge >= 0.3 is 5.97 Å². The minimum atomic E-state index is -0.745. The fourth-order valence-corrected chi connectivity index (χ4v) is 3.94. The molecule has 0 radical (unpaired) electrons. The van der Waals surface area contributed by atoms with Crippen molar-refractivity contribution in [3.8, 4) is 17.2 Å². The number of benzene rings is 2. The highest BCUT2D eigenvalue weighted by molar-refractivity contribution is 5.70. The van der Waals surface area contributed by atoms with E-state index in [0.717, 1.165) is 29.8 Å². The van der Waals surface area contributed by atoms with Gasteiger partial charge in [-0.05, 0) is 37.6 Å². The molecule has 28 heavy (non-hydrogen) atoms. The second-order valence-corrected chi connectivity index (χ2v) is 6.92. The Hall–Kier alpha value is -2.73. The maximum atomic E-state index is 11.6. The molecule has 3 rings (SSSR count). The fraction of sp³-hybridized carbons (Fsp3) is 0.409. The number of nitrogens with zero attached hydrogens (tertiary/aromatic N) is 1. The van der Waals surface area contributed by atoms with Crippen LogP contribution in [0.2, 0.25) is 0 Å². The molecule has 0 spiro atoms. The molecule has 1 aliphatic rings. The van der Waals surface area contributed by atoms with Gasteiger partial charge in [-0.2, -0.15) is 0 Å². The van der Waals surface area contributed by atoms with E-state index in [9.17, 15) is 9.90 Å². The molecule has 0 saturated carbocycles. The molecule has 0 aromatic heterocycles. The minimum absolute atomic E-state index is 0.181. The van der Waals surface area contributed by atoms with Crippen molar-refractivity contribution < 1.29 is 24.1 Å². The lowest BCUT2D eigenvalue weighted by Gasteiger charge is -2.38. The summed E-state index contributed by atoms with van der Waals surface area (Å²) in [6, 6.07) is 13.4. The molecule has 6 nitrogen and oxygen atoms in total. The Kier molecular flexibility index (Phi) is 6.41. The van der Waals surface area contributed by atoms with E-state index < -0.39 is 5.97 Å². The van der Waals surface area contributed by atoms with Gasteiger partial charge in [-0.3, -0.25) is 9.69 Å². The largest absolute Gasteiger partial charge is 0.497 e. The summed E-state index contributed by atoms with van der Waals surface area (Å²) in [6.07, 6.45) is 1.53. The molecule has 2 atom stereocenters. The number of carboxylic acids is 1. The van der Waals surface area contributed by atoms with Crippen molar-refractivity contribution in [2.75, 3.05) is 34.4 Å². The van der Waals surface area contributed by atoms with E-state index in [2.05, 4.69) is 4.90 Å². The number of piperidine rings is 1. The second kappa shape index (κ2) is 8.97. The second-order valence-electron chi connectivity index (χ2n) is 6.92. The standard InChI is InChI=1S/C22H27NO5/c1-26-16-10-11-18(20(13-16)28-3)21(17-8-4-5-9-19(17)27-2)23-12-6-7-15(14-23)22(24)25/h4-5,8-11,13,15,21H,6-7,12,14H2,1-3H3,(H,24,25). The highest BCUT2D eigenvalue weighted by atomic mass is 16.5. The van der Waals surface area contributed by atoms with E-state index in [-0.39, 0.29) is 12.0 Å². The first-order chi connectivity index (χ1) is 13.6. The van der Waals surface area contributed by atoms with Gasteiger partial charge in [0, 0.05) is 23.7 Å². The van der Waals surface area contributed by atoms with E-state index in [1.807, 2.05) is 42.5 Å². The number of likely N-dealkylation sites (tertiary alicyclic amines) is 1. The van der Waals surface area contributed by atoms with Crippen LogP contribution in [0.4, 0.5) is 0 Å². The van der Waals surface area contributed by atoms with Crippen LogP contribution >= 0.6 is 0 Å². The number of hydrogen-bond donors (Lipinski definition) is 1. The number of carbonyl (C=O) groups is 1. The van der Waals surface area contributed by atoms with Crippen molar-refractivity contribution in [3.05, 3.63) is 53.6 Å². The molecule has 0 bridgehead atoms. The van der Waals surface area contributed by atoms with Gasteiger partial charge in [0.1, 0.15) is 17.2 Å². The molecule has 1 saturated heterocycles. The Morgan fingerprint density at radius 1 is 1.04 bits per heavy atom. The summed E-state index contributed by atoms with van der Waals surface area (Å²) in [5, 5.41) is 9.56. The van der Waals surface area contributed by atoms with Gasteiger partial charge in [0.05, 0.1) is 33.3 Å². The highest BCUT2D eigenvalue weighted by Crippen LogP contribution is 2.41. The van der Waals surface area contributed by atoms with Crippen LogP contribution in [0.3, 0.4) is 0 Å². The van der Waals surface area contributed by atoms with Crippen molar-refractivity contribution in [1.29, 1.82) is 0 Å². The van der Waals surface area contributed by atoms with Crippen LogP contribution in [0.25, 0.3) is 0 Å². The fourth-order valence-electron chi connectivity index (χ4n) is 3.94. The molecule has 1 heterocycles. The van der Waals surface area contributed by atoms with Crippen LogP contribution in [0, 0.1) is 5.92 Å². The lowest BCUT2D eigenvalue weighted by Crippen LogP contribution is -2.41. The van der Waals surface area contributed by atoms with Crippen LogP contribution in [0.1, 0.15) is 30.0 Å². The monoisotopic (exact) mass is 385 g/mol. The van der Waals surface area contributed by atoms with E-state index in [1.54, 1.807) is 21.3 Å². The van der Waals surface area contributed by atoms with Crippen LogP contribution in [0.5, 0.6) is 17.2 Å². The molecule has 2 aromatic rings. The predicted octanol–water partition coefficient (Wildman–Crippen LogP) is 3.60. The SMILES string of the molecule is COc1ccc(C(c2ccccc2OC)N2CCCC(C(=O)O)C2)c(OC)c1. The number of aliphatic carboxylic acids is 1. The highest BCUT2D eigenvalue weighted by Gasteiger charge is 2.34. The van der Waals surface area contributed by atoms with Crippen LogP contribution < -0.4 is 14.2 Å². The Morgan fingerprint density at radius 2 is 1.75 bits per heavy atom. The summed E-state index contributed by atoms with van der Waals surface area (Å²) in [6.45, 7) is 1.29. The quantitative estimate of drug-likeness (QED) is 0.785. The van der Waals surface area contributed by atoms with Gasteiger partial charge in [-0.1, -0.05) is 18.2 Å². The maximum absolute atomic E-state index is 11.6. The average molecular weight is 385 g/mol. The lowest BCUT2D eigenvalue weighted by molar-refractivity contribution is -0.143. The van der Waals surface area contributed by atoms with Gasteiger partial charge < -0.3 is 19.3 Å². The van der Waals surface area contributed by atoms with Crippen molar-refractivity contribution in [3.63, 3.8) is 0 Å². The van der Waals surface area contributed by atoms with Gasteiger partial charge in [0.15, 0.2) is 0 Å². The first kappa shape index (κ1) is 20.0. The summed E-state index contributed by atoms with van der Waals surface area (Å²) in [4.78, 5) is 13.8. The van der Waals surface area contributed by atoms with Crippen molar-refractivity contribution >= 4 is 5.97 Å². The molecule has 0 amide bonds. The third kappa shape index (κ3) is 4.07. The van der Waals surface area contributed by atoms with Gasteiger partial charge in [0.2, 0.25) is 0 Å². The third-order valence-electron chi connectivity index (χ3n) is 5.34. The Balaban J connectivity index is 2.11. The van der Waals surface area contributed by atoms with E-state index in [4.69, 9.17) is 14.2 Å². The zero-order valence-corrected chi connectivity index (χ0v) is 16.6. The van der Waals surface area contributed by atoms with Gasteiger partial charge in [-0.15, -0.1) is 0 Å². The molecular weight excluding hydrogens is 358 g/mol. The Morgan fingerprint density at radius 3 is 2.43 bits per heavy atom. The van der Waals surface area contributed by atoms with E-state index in [0.29, 0.717) is 24.5 Å². The normalized spacial score (nSPS) is 18.3. The van der Waals surface area contributed by atoms with E-state index in [1.165, 1.54) is 0 Å². The Labute approximate surface area is 165 Å². The number of hydrogen-bond acceptors (Lipinski definition) is 5. The third-order valence-corrected chi connectivity index (χ3v) is 5.34. The number of methoxy groups -OCH3 is 3. The number of rotatable bonds is 7. The van der Waals surface area contributed by atoms with Crippen LogP contribution in [-0.4, -0.2) is 50.4 Å². The first-order valence-electron chi connectivity index (χ1n) is 9.40. The zero-order valence-electron chi connectivity index (χ0n) is 16.6. The maximum Gasteiger partial charge on any atom is 0.307 e. The van der Waals surface area contributed by atoms with Crippen molar-refractivity contribution in [1.82, 2.24) is 4.90 Å². The molecule has 6 heteroatoms. The van der Waals surface area contributed by atoms with Crippen molar-refractivity contribution in [2.45, 2.75) is 18.9 Å². The topological polar surface area (TPSA) is 68.2 Å². The molecule has 0 aliphatic carbocycles. The van der Waals surface area contributed by atoms with Crippen molar-refractivity contribution in [2.24, 2.45) is 5.92 Å². The van der Waals surface area contributed by atoms with Crippen LogP contribution in [0.15, 0.2) is 42.5 Å². The van der Waals surface area contributed by atoms with Gasteiger partial charge in [-0.25, -0.2) is 0 Å². The predicted molar refractivity (Wildman–Crippen MR) is 106 cm³/mol. The average Bonchev–Trinajstić information content (AvgIpc) is 2.74. The number of para-hydroxylation sites is 1. The molecule has 1 N–H and O–H groups in total. The summed E-state index contributed by atoms with van der Waals surface area (Å²) in [7, 11) is 4.90. The molecule has 2 unspecified atom stereocenters. The summed E-state index contributed by atoms with van der Waals surface area (Å²) in [5.74, 6) is 1.05. The molecule has 1 fully saturated rings. The molecule has 1 aliphatic heterocycles. The lowest BCUT2D eigenvalue weighted by atomic mass is 9.90. The number of carboxylic acid groups (broad SMARTS) is 1. The zero-order chi connectivity index (χ0) is 20.1. The van der Waals surface area contributed by atoms with E-state index >= 15 is 0 Å². The van der Waals surface area contributed by atoms with Gasteiger partial charge in [0.25, 0.3) is 0 Å². The number of ether oxygens (including phenoxy) is 3. The Bertz CT molecular complexity index is 822. The minimum Gasteiger partial charge on any atom is -0.497 e. The summed E-state index contributed by atoms with van der Waals surface area (Å²) >= 11 is 0. The smallest absolute Gasteiger partial charge is 0.307 e. The first-order valence-corrected chi connectivity index (χ1v) is 9.40. The summed E-state index contributed by atoms with van der Waals surface area (Å²) in [5.41, 5.74) is 1.94. The van der Waals surface area contributed by atoms with Crippen LogP contribution in [-0.2, 0) is 4.79 Å². The molecule has 2 aromatic carbocycles. The summed E-state index contributed by atoms with van der Waals surface area (Å²) < 4.78 is 16.6. The molecular formula is C22H27NO5.